The molecule has 2 amide bonds. The van der Waals surface area contributed by atoms with Crippen LogP contribution in [0.4, 0.5) is 11.4 Å². The van der Waals surface area contributed by atoms with Crippen LogP contribution in [0, 0.1) is 0 Å². The second-order valence-electron chi connectivity index (χ2n) is 7.62. The third-order valence-electron chi connectivity index (χ3n) is 5.39. The molecule has 5 nitrogen and oxygen atoms in total. The van der Waals surface area contributed by atoms with Crippen LogP contribution >= 0.6 is 35.4 Å². The zero-order valence-electron chi connectivity index (χ0n) is 18.0. The molecule has 1 fully saturated rings. The number of rotatable bonds is 4. The maximum absolute atomic E-state index is 13.5. The van der Waals surface area contributed by atoms with Crippen molar-refractivity contribution < 1.29 is 14.0 Å². The number of amides is 2. The lowest BCUT2D eigenvalue weighted by atomic mass is 10.1. The molecular weight excluding hydrogens is 503 g/mol. The molecule has 0 radical (unpaired) electrons. The maximum atomic E-state index is 13.5. The molecule has 0 spiro atoms. The number of para-hydroxylation sites is 2. The Bertz CT molecular complexity index is 1420. The van der Waals surface area contributed by atoms with Gasteiger partial charge in [0.1, 0.15) is 17.1 Å². The van der Waals surface area contributed by atoms with Crippen LogP contribution in [-0.2, 0) is 9.59 Å². The van der Waals surface area contributed by atoms with E-state index >= 15 is 0 Å². The van der Waals surface area contributed by atoms with Gasteiger partial charge in [0.05, 0.1) is 16.4 Å². The smallest absolute Gasteiger partial charge is 0.270 e. The summed E-state index contributed by atoms with van der Waals surface area (Å²) in [6.07, 6.45) is 1.42. The molecule has 0 saturated carbocycles. The number of nitrogens with zero attached hydrogens (tertiary/aromatic N) is 2. The minimum Gasteiger partial charge on any atom is -0.457 e. The highest BCUT2D eigenvalue weighted by Crippen LogP contribution is 2.34. The lowest BCUT2D eigenvalue weighted by Gasteiger charge is -2.36. The number of thiocarbonyl (C=S) groups is 1. The fraction of sp³-hybridized carbons (Fsp3) is 0. The predicted octanol–water partition coefficient (Wildman–Crippen LogP) is 7.00. The van der Waals surface area contributed by atoms with Crippen LogP contribution in [0.3, 0.4) is 0 Å². The standard InChI is InChI=1S/C27H16Cl2N2O3S/c28-17-11-13-23(29)21(15-17)24-14-12-20(34-24)16-22-25(32)30(18-7-3-1-4-8-18)27(35)31(26(22)33)19-9-5-2-6-10-19/h1-16H. The summed E-state index contributed by atoms with van der Waals surface area (Å²) in [5.74, 6) is -0.328. The summed E-state index contributed by atoms with van der Waals surface area (Å²) >= 11 is 18.0. The molecule has 35 heavy (non-hydrogen) atoms. The molecule has 0 N–H and O–H groups in total. The van der Waals surface area contributed by atoms with Crippen molar-refractivity contribution in [3.05, 3.63) is 112 Å². The normalized spacial score (nSPS) is 14.0. The van der Waals surface area contributed by atoms with Crippen LogP contribution in [0.15, 0.2) is 101 Å². The minimum absolute atomic E-state index is 0.0698. The van der Waals surface area contributed by atoms with Crippen molar-refractivity contribution in [3.63, 3.8) is 0 Å². The molecule has 8 heteroatoms. The van der Waals surface area contributed by atoms with E-state index in [9.17, 15) is 9.59 Å². The highest BCUT2D eigenvalue weighted by Gasteiger charge is 2.41. The number of carbonyl (C=O) groups excluding carboxylic acids is 2. The van der Waals surface area contributed by atoms with Gasteiger partial charge in [0.25, 0.3) is 11.8 Å². The average Bonchev–Trinajstić information content (AvgIpc) is 3.33. The Morgan fingerprint density at radius 1 is 0.743 bits per heavy atom. The fourth-order valence-electron chi connectivity index (χ4n) is 3.74. The summed E-state index contributed by atoms with van der Waals surface area (Å²) in [6, 6.07) is 26.3. The molecule has 172 valence electrons. The molecule has 5 rings (SSSR count). The molecule has 1 aromatic heterocycles. The quantitative estimate of drug-likeness (QED) is 0.166. The average molecular weight is 519 g/mol. The summed E-state index contributed by atoms with van der Waals surface area (Å²) in [5, 5.41) is 1.04. The van der Waals surface area contributed by atoms with Gasteiger partial charge in [-0.15, -0.1) is 0 Å². The molecule has 0 atom stereocenters. The molecule has 1 aliphatic rings. The highest BCUT2D eigenvalue weighted by atomic mass is 35.5. The Balaban J connectivity index is 1.60. The summed E-state index contributed by atoms with van der Waals surface area (Å²) < 4.78 is 5.92. The molecular formula is C27H16Cl2N2O3S. The lowest BCUT2D eigenvalue weighted by molar-refractivity contribution is -0.120. The largest absolute Gasteiger partial charge is 0.457 e. The van der Waals surface area contributed by atoms with E-state index in [1.807, 2.05) is 12.1 Å². The predicted molar refractivity (Wildman–Crippen MR) is 143 cm³/mol. The van der Waals surface area contributed by atoms with E-state index in [0.717, 1.165) is 0 Å². The van der Waals surface area contributed by atoms with E-state index in [-0.39, 0.29) is 10.7 Å². The Morgan fingerprint density at radius 3 is 1.89 bits per heavy atom. The third kappa shape index (κ3) is 4.39. The molecule has 0 unspecified atom stereocenters. The van der Waals surface area contributed by atoms with Crippen LogP contribution < -0.4 is 9.80 Å². The van der Waals surface area contributed by atoms with Crippen molar-refractivity contribution in [2.24, 2.45) is 0 Å². The van der Waals surface area contributed by atoms with Gasteiger partial charge in [-0.3, -0.25) is 19.4 Å². The molecule has 1 aliphatic heterocycles. The van der Waals surface area contributed by atoms with E-state index in [1.54, 1.807) is 78.9 Å². The Hall–Kier alpha value is -3.71. The van der Waals surface area contributed by atoms with Gasteiger partial charge < -0.3 is 4.42 Å². The highest BCUT2D eigenvalue weighted by molar-refractivity contribution is 7.81. The first-order valence-corrected chi connectivity index (χ1v) is 11.7. The Kier molecular flexibility index (Phi) is 6.26. The van der Waals surface area contributed by atoms with Crippen molar-refractivity contribution in [3.8, 4) is 11.3 Å². The van der Waals surface area contributed by atoms with Crippen molar-refractivity contribution in [2.75, 3.05) is 9.80 Å². The van der Waals surface area contributed by atoms with Gasteiger partial charge in [0.2, 0.25) is 0 Å². The molecule has 0 aliphatic carbocycles. The number of carbonyl (C=O) groups is 2. The molecule has 4 aromatic rings. The van der Waals surface area contributed by atoms with E-state index < -0.39 is 11.8 Å². The Labute approximate surface area is 216 Å². The topological polar surface area (TPSA) is 53.8 Å². The van der Waals surface area contributed by atoms with Crippen LogP contribution in [0.2, 0.25) is 10.0 Å². The maximum Gasteiger partial charge on any atom is 0.270 e. The van der Waals surface area contributed by atoms with Crippen molar-refractivity contribution in [1.29, 1.82) is 0 Å². The lowest BCUT2D eigenvalue weighted by Crippen LogP contribution is -2.56. The van der Waals surface area contributed by atoms with E-state index in [4.69, 9.17) is 39.8 Å². The summed E-state index contributed by atoms with van der Waals surface area (Å²) in [4.78, 5) is 29.8. The van der Waals surface area contributed by atoms with Gasteiger partial charge in [0, 0.05) is 10.6 Å². The van der Waals surface area contributed by atoms with Crippen molar-refractivity contribution >= 4 is 69.8 Å². The number of hydrogen-bond donors (Lipinski definition) is 0. The van der Waals surface area contributed by atoms with Gasteiger partial charge in [-0.2, -0.15) is 0 Å². The first-order valence-electron chi connectivity index (χ1n) is 10.5. The first-order chi connectivity index (χ1) is 16.9. The fourth-order valence-corrected chi connectivity index (χ4v) is 4.50. The third-order valence-corrected chi connectivity index (χ3v) is 6.32. The first kappa shape index (κ1) is 23.1. The van der Waals surface area contributed by atoms with Crippen molar-refractivity contribution in [1.82, 2.24) is 0 Å². The minimum atomic E-state index is -0.544. The van der Waals surface area contributed by atoms with Crippen LogP contribution in [0.1, 0.15) is 5.76 Å². The molecule has 3 aromatic carbocycles. The van der Waals surface area contributed by atoms with E-state index in [0.29, 0.717) is 38.5 Å². The van der Waals surface area contributed by atoms with Gasteiger partial charge >= 0.3 is 0 Å². The number of benzene rings is 3. The molecule has 2 heterocycles. The van der Waals surface area contributed by atoms with Gasteiger partial charge in [0.15, 0.2) is 5.11 Å². The summed E-state index contributed by atoms with van der Waals surface area (Å²) in [6.45, 7) is 0. The zero-order valence-corrected chi connectivity index (χ0v) is 20.3. The van der Waals surface area contributed by atoms with Crippen LogP contribution in [0.5, 0.6) is 0 Å². The molecule has 0 bridgehead atoms. The van der Waals surface area contributed by atoms with E-state index in [1.165, 1.54) is 15.9 Å². The van der Waals surface area contributed by atoms with Gasteiger partial charge in [-0.05, 0) is 72.9 Å². The second kappa shape index (κ2) is 9.50. The SMILES string of the molecule is O=C1C(=Cc2ccc(-c3cc(Cl)ccc3Cl)o2)C(=O)N(c2ccccc2)C(=S)N1c1ccccc1. The monoisotopic (exact) mass is 518 g/mol. The van der Waals surface area contributed by atoms with Crippen LogP contribution in [0.25, 0.3) is 17.4 Å². The number of halogens is 2. The van der Waals surface area contributed by atoms with Gasteiger partial charge in [-0.25, -0.2) is 0 Å². The Morgan fingerprint density at radius 2 is 1.31 bits per heavy atom. The summed E-state index contributed by atoms with van der Waals surface area (Å²) in [5.41, 5.74) is 1.60. The number of furan rings is 1. The van der Waals surface area contributed by atoms with Crippen molar-refractivity contribution in [2.45, 2.75) is 0 Å². The number of hydrogen-bond acceptors (Lipinski definition) is 4. The second-order valence-corrected chi connectivity index (χ2v) is 8.83. The zero-order chi connectivity index (χ0) is 24.5. The van der Waals surface area contributed by atoms with Crippen LogP contribution in [-0.4, -0.2) is 16.9 Å². The summed E-state index contributed by atoms with van der Waals surface area (Å²) in [7, 11) is 0. The van der Waals surface area contributed by atoms with E-state index in [2.05, 4.69) is 0 Å². The number of anilines is 2. The molecule has 1 saturated heterocycles. The van der Waals surface area contributed by atoms with Gasteiger partial charge in [-0.1, -0.05) is 59.6 Å².